The first kappa shape index (κ1) is 21.9. The van der Waals surface area contributed by atoms with Crippen LogP contribution in [0.15, 0.2) is 18.2 Å². The fourth-order valence-corrected chi connectivity index (χ4v) is 4.55. The van der Waals surface area contributed by atoms with Gasteiger partial charge in [0, 0.05) is 23.8 Å². The number of aliphatic hydroxyl groups excluding tert-OH is 1. The molecule has 1 aromatic carbocycles. The molecule has 0 spiro atoms. The lowest BCUT2D eigenvalue weighted by atomic mass is 9.88. The molecule has 31 heavy (non-hydrogen) atoms. The van der Waals surface area contributed by atoms with Crippen LogP contribution in [-0.2, 0) is 17.6 Å². The molecule has 8 heteroatoms. The molecule has 0 aliphatic heterocycles. The standard InChI is InChI=1S/C23H29F2N3O3/c1-30-13-31-20-12-14(22(24)25)10-11-17(20)21-15-6-2-3-7-16(15)23(28-27-21)26-18-8-4-5-9-19(18)29/h10-12,18-19,22,29H,2-9,13H2,1H3,(H,26,28)/t18-,19-/m1/s1. The summed E-state index contributed by atoms with van der Waals surface area (Å²) < 4.78 is 37.1. The number of rotatable bonds is 7. The number of alkyl halides is 2. The average Bonchev–Trinajstić information content (AvgIpc) is 2.79. The Kier molecular flexibility index (Phi) is 6.97. The Labute approximate surface area is 181 Å². The molecule has 1 fully saturated rings. The van der Waals surface area contributed by atoms with Crippen LogP contribution in [0.5, 0.6) is 5.75 Å². The number of nitrogens with one attached hydrogen (secondary N) is 1. The predicted molar refractivity (Wildman–Crippen MR) is 113 cm³/mol. The number of aromatic nitrogens is 2. The van der Waals surface area contributed by atoms with Crippen LogP contribution in [0.4, 0.5) is 14.6 Å². The van der Waals surface area contributed by atoms with E-state index in [0.29, 0.717) is 17.0 Å². The number of halogens is 2. The number of anilines is 1. The van der Waals surface area contributed by atoms with E-state index in [2.05, 4.69) is 15.5 Å². The van der Waals surface area contributed by atoms with Gasteiger partial charge in [-0.2, -0.15) is 0 Å². The third kappa shape index (κ3) is 4.80. The van der Waals surface area contributed by atoms with Crippen molar-refractivity contribution in [2.24, 2.45) is 0 Å². The van der Waals surface area contributed by atoms with E-state index in [0.717, 1.165) is 68.3 Å². The second-order valence-corrected chi connectivity index (χ2v) is 8.27. The molecule has 2 aliphatic carbocycles. The number of hydrogen-bond donors (Lipinski definition) is 2. The van der Waals surface area contributed by atoms with Crippen molar-refractivity contribution in [3.63, 3.8) is 0 Å². The normalized spacial score (nSPS) is 21.1. The minimum absolute atomic E-state index is 0.0224. The Morgan fingerprint density at radius 2 is 1.87 bits per heavy atom. The Bertz CT molecular complexity index is 910. The molecule has 0 saturated heterocycles. The van der Waals surface area contributed by atoms with E-state index in [9.17, 15) is 13.9 Å². The molecule has 1 saturated carbocycles. The largest absolute Gasteiger partial charge is 0.467 e. The highest BCUT2D eigenvalue weighted by atomic mass is 19.3. The van der Waals surface area contributed by atoms with E-state index in [4.69, 9.17) is 9.47 Å². The molecule has 0 amide bonds. The predicted octanol–water partition coefficient (Wildman–Crippen LogP) is 4.66. The smallest absolute Gasteiger partial charge is 0.263 e. The van der Waals surface area contributed by atoms with Gasteiger partial charge in [0.1, 0.15) is 11.4 Å². The van der Waals surface area contributed by atoms with E-state index in [1.165, 1.54) is 19.2 Å². The van der Waals surface area contributed by atoms with Crippen molar-refractivity contribution in [1.82, 2.24) is 10.2 Å². The average molecular weight is 433 g/mol. The molecule has 0 radical (unpaired) electrons. The summed E-state index contributed by atoms with van der Waals surface area (Å²) in [5, 5.41) is 22.8. The first-order valence-electron chi connectivity index (χ1n) is 11.0. The van der Waals surface area contributed by atoms with Gasteiger partial charge in [0.05, 0.1) is 12.1 Å². The van der Waals surface area contributed by atoms with E-state index in [-0.39, 0.29) is 24.5 Å². The number of hydrogen-bond acceptors (Lipinski definition) is 6. The minimum atomic E-state index is -2.59. The van der Waals surface area contributed by atoms with Crippen molar-refractivity contribution >= 4 is 5.82 Å². The summed E-state index contributed by atoms with van der Waals surface area (Å²) >= 11 is 0. The zero-order valence-corrected chi connectivity index (χ0v) is 17.7. The molecule has 0 bridgehead atoms. The van der Waals surface area contributed by atoms with Gasteiger partial charge in [0.25, 0.3) is 6.43 Å². The highest BCUT2D eigenvalue weighted by Gasteiger charge is 2.27. The summed E-state index contributed by atoms with van der Waals surface area (Å²) in [6.45, 7) is -0.0471. The molecule has 0 unspecified atom stereocenters. The van der Waals surface area contributed by atoms with Crippen molar-refractivity contribution in [2.45, 2.75) is 69.9 Å². The van der Waals surface area contributed by atoms with Crippen molar-refractivity contribution in [2.75, 3.05) is 19.2 Å². The number of methoxy groups -OCH3 is 1. The quantitative estimate of drug-likeness (QED) is 0.619. The molecule has 168 valence electrons. The highest BCUT2D eigenvalue weighted by Crippen LogP contribution is 2.39. The Balaban J connectivity index is 1.72. The fourth-order valence-electron chi connectivity index (χ4n) is 4.55. The van der Waals surface area contributed by atoms with Crippen LogP contribution < -0.4 is 10.1 Å². The van der Waals surface area contributed by atoms with Gasteiger partial charge >= 0.3 is 0 Å². The van der Waals surface area contributed by atoms with E-state index < -0.39 is 6.43 Å². The van der Waals surface area contributed by atoms with Gasteiger partial charge in [-0.3, -0.25) is 0 Å². The van der Waals surface area contributed by atoms with Crippen molar-refractivity contribution in [3.8, 4) is 17.0 Å². The summed E-state index contributed by atoms with van der Waals surface area (Å²) in [7, 11) is 1.48. The van der Waals surface area contributed by atoms with Gasteiger partial charge < -0.3 is 19.9 Å². The number of aliphatic hydroxyl groups is 1. The summed E-state index contributed by atoms with van der Waals surface area (Å²) in [6, 6.07) is 4.36. The molecular weight excluding hydrogens is 404 g/mol. The Morgan fingerprint density at radius 3 is 2.61 bits per heavy atom. The lowest BCUT2D eigenvalue weighted by Crippen LogP contribution is -2.37. The molecule has 2 N–H and O–H groups in total. The summed E-state index contributed by atoms with van der Waals surface area (Å²) in [5.41, 5.74) is 3.36. The summed E-state index contributed by atoms with van der Waals surface area (Å²) in [6.07, 6.45) is 4.64. The van der Waals surface area contributed by atoms with Crippen molar-refractivity contribution in [3.05, 3.63) is 34.9 Å². The highest BCUT2D eigenvalue weighted by molar-refractivity contribution is 5.73. The van der Waals surface area contributed by atoms with Crippen LogP contribution in [0, 0.1) is 0 Å². The molecule has 1 heterocycles. The zero-order valence-electron chi connectivity index (χ0n) is 17.7. The van der Waals surface area contributed by atoms with Gasteiger partial charge in [-0.1, -0.05) is 18.9 Å². The third-order valence-corrected chi connectivity index (χ3v) is 6.19. The van der Waals surface area contributed by atoms with Crippen LogP contribution in [0.25, 0.3) is 11.3 Å². The lowest BCUT2D eigenvalue weighted by molar-refractivity contribution is 0.0511. The number of nitrogens with zero attached hydrogens (tertiary/aromatic N) is 2. The number of benzene rings is 1. The summed E-state index contributed by atoms with van der Waals surface area (Å²) in [4.78, 5) is 0. The molecule has 1 aromatic heterocycles. The van der Waals surface area contributed by atoms with Crippen LogP contribution in [0.1, 0.15) is 61.6 Å². The molecule has 2 aromatic rings. The SMILES string of the molecule is COCOc1cc(C(F)F)ccc1-c1nnc(N[C@@H]2CCCC[C@H]2O)c2c1CCCC2. The maximum Gasteiger partial charge on any atom is 0.263 e. The van der Waals surface area contributed by atoms with E-state index >= 15 is 0 Å². The molecule has 2 aliphatic rings. The third-order valence-electron chi connectivity index (χ3n) is 6.19. The molecule has 2 atom stereocenters. The number of fused-ring (bicyclic) bond motifs is 1. The van der Waals surface area contributed by atoms with Crippen LogP contribution >= 0.6 is 0 Å². The van der Waals surface area contributed by atoms with Crippen molar-refractivity contribution < 1.29 is 23.4 Å². The minimum Gasteiger partial charge on any atom is -0.467 e. The Hall–Kier alpha value is -2.32. The maximum absolute atomic E-state index is 13.2. The van der Waals surface area contributed by atoms with Crippen LogP contribution in [0.2, 0.25) is 0 Å². The first-order valence-corrected chi connectivity index (χ1v) is 11.0. The topological polar surface area (TPSA) is 76.5 Å². The van der Waals surface area contributed by atoms with Crippen LogP contribution in [-0.4, -0.2) is 41.4 Å². The second kappa shape index (κ2) is 9.87. The molecular formula is C23H29F2N3O3. The second-order valence-electron chi connectivity index (χ2n) is 8.27. The monoisotopic (exact) mass is 433 g/mol. The Morgan fingerprint density at radius 1 is 1.10 bits per heavy atom. The summed E-state index contributed by atoms with van der Waals surface area (Å²) in [5.74, 6) is 1.04. The first-order chi connectivity index (χ1) is 15.1. The van der Waals surface area contributed by atoms with Gasteiger partial charge in [0.15, 0.2) is 12.6 Å². The van der Waals surface area contributed by atoms with Crippen LogP contribution in [0.3, 0.4) is 0 Å². The van der Waals surface area contributed by atoms with E-state index in [1.807, 2.05) is 0 Å². The van der Waals surface area contributed by atoms with Gasteiger partial charge in [-0.05, 0) is 56.2 Å². The fraction of sp³-hybridized carbons (Fsp3) is 0.565. The molecule has 6 nitrogen and oxygen atoms in total. The van der Waals surface area contributed by atoms with Gasteiger partial charge in [-0.15, -0.1) is 10.2 Å². The zero-order chi connectivity index (χ0) is 21.8. The number of ether oxygens (including phenoxy) is 2. The lowest BCUT2D eigenvalue weighted by Gasteiger charge is -2.30. The molecule has 4 rings (SSSR count). The van der Waals surface area contributed by atoms with Gasteiger partial charge in [0.2, 0.25) is 0 Å². The maximum atomic E-state index is 13.2. The van der Waals surface area contributed by atoms with E-state index in [1.54, 1.807) is 6.07 Å². The van der Waals surface area contributed by atoms with Gasteiger partial charge in [-0.25, -0.2) is 8.78 Å². The van der Waals surface area contributed by atoms with Crippen molar-refractivity contribution in [1.29, 1.82) is 0 Å².